The van der Waals surface area contributed by atoms with Gasteiger partial charge in [0, 0.05) is 0 Å². The SMILES string of the molecule is C[C](C)=[Ti+2]([C]1=CC=CC1)([C]1=CC=CC1)=[C](C)C.[Cl-].[Cl-]. The van der Waals surface area contributed by atoms with E-state index in [-0.39, 0.29) is 24.8 Å². The fourth-order valence-electron chi connectivity index (χ4n) is 3.44. The molecule has 0 radical (unpaired) electrons. The molecule has 0 nitrogen and oxygen atoms in total. The molecular weight excluding hydrogens is 311 g/mol. The summed E-state index contributed by atoms with van der Waals surface area (Å²) < 4.78 is 6.80. The summed E-state index contributed by atoms with van der Waals surface area (Å²) in [6.45, 7) is 9.41. The maximum absolute atomic E-state index is 2.39. The van der Waals surface area contributed by atoms with Crippen LogP contribution in [0.2, 0.25) is 0 Å². The molecule has 0 heterocycles. The van der Waals surface area contributed by atoms with Crippen LogP contribution >= 0.6 is 0 Å². The molecule has 0 aromatic heterocycles. The zero-order valence-corrected chi connectivity index (χ0v) is 15.2. The summed E-state index contributed by atoms with van der Waals surface area (Å²) in [6, 6.07) is 0. The van der Waals surface area contributed by atoms with Gasteiger partial charge < -0.3 is 24.8 Å². The molecule has 0 bridgehead atoms. The minimum absolute atomic E-state index is 0. The first-order valence-electron chi connectivity index (χ1n) is 6.43. The van der Waals surface area contributed by atoms with Crippen molar-refractivity contribution < 1.29 is 40.5 Å². The van der Waals surface area contributed by atoms with Crippen molar-refractivity contribution in [2.75, 3.05) is 0 Å². The molecule has 0 saturated heterocycles. The number of allylic oxidation sites excluding steroid dienone is 8. The molecule has 0 N–H and O–H groups in total. The Bertz CT molecular complexity index is 514. The Labute approximate surface area is 132 Å². The Kier molecular flexibility index (Phi) is 7.69. The molecule has 104 valence electrons. The van der Waals surface area contributed by atoms with Crippen LogP contribution in [0, 0.1) is 0 Å². The van der Waals surface area contributed by atoms with E-state index in [1.165, 1.54) is 12.8 Å². The fourth-order valence-corrected chi connectivity index (χ4v) is 12.1. The minimum Gasteiger partial charge on any atom is -1.00 e. The first-order chi connectivity index (χ1) is 8.10. The molecule has 3 heteroatoms. The number of halogens is 2. The molecule has 0 fully saturated rings. The normalized spacial score (nSPS) is 14.7. The first-order valence-corrected chi connectivity index (χ1v) is 9.56. The van der Waals surface area contributed by atoms with Crippen LogP contribution in [0.25, 0.3) is 0 Å². The quantitative estimate of drug-likeness (QED) is 0.527. The van der Waals surface area contributed by atoms with Gasteiger partial charge in [-0.25, -0.2) is 0 Å². The van der Waals surface area contributed by atoms with Gasteiger partial charge in [-0.15, -0.1) is 0 Å². The Morgan fingerprint density at radius 2 is 1.16 bits per heavy atom. The third kappa shape index (κ3) is 3.19. The molecule has 0 saturated carbocycles. The zero-order chi connectivity index (χ0) is 12.5. The molecule has 0 aliphatic heterocycles. The van der Waals surface area contributed by atoms with E-state index >= 15 is 0 Å². The van der Waals surface area contributed by atoms with E-state index < -0.39 is 15.7 Å². The molecule has 2 aliphatic carbocycles. The summed E-state index contributed by atoms with van der Waals surface area (Å²) in [5, 5.41) is 0. The van der Waals surface area contributed by atoms with Gasteiger partial charge in [0.1, 0.15) is 0 Å². The van der Waals surface area contributed by atoms with Crippen molar-refractivity contribution in [1.29, 1.82) is 0 Å². The van der Waals surface area contributed by atoms with Crippen LogP contribution in [0.5, 0.6) is 0 Å². The van der Waals surface area contributed by atoms with Gasteiger partial charge in [-0.3, -0.25) is 0 Å². The van der Waals surface area contributed by atoms with E-state index in [1.54, 1.807) is 15.4 Å². The van der Waals surface area contributed by atoms with Crippen LogP contribution in [0.4, 0.5) is 0 Å². The van der Waals surface area contributed by atoms with Crippen LogP contribution < -0.4 is 24.8 Å². The molecule has 19 heavy (non-hydrogen) atoms. The average molecular weight is 333 g/mol. The molecule has 2 rings (SSSR count). The van der Waals surface area contributed by atoms with E-state index in [0.717, 1.165) is 0 Å². The van der Waals surface area contributed by atoms with E-state index in [1.807, 2.05) is 0 Å². The third-order valence-corrected chi connectivity index (χ3v) is 12.9. The van der Waals surface area contributed by atoms with Gasteiger partial charge in [0.05, 0.1) is 0 Å². The number of rotatable bonds is 2. The maximum Gasteiger partial charge on any atom is -1.00 e. The number of hydrogen-bond donors (Lipinski definition) is 0. The Morgan fingerprint density at radius 3 is 1.37 bits per heavy atom. The monoisotopic (exact) mass is 332 g/mol. The van der Waals surface area contributed by atoms with Crippen molar-refractivity contribution in [3.63, 3.8) is 0 Å². The average Bonchev–Trinajstić information content (AvgIpc) is 2.88. The van der Waals surface area contributed by atoms with Gasteiger partial charge in [0.2, 0.25) is 0 Å². The maximum atomic E-state index is 2.39. The van der Waals surface area contributed by atoms with Gasteiger partial charge in [-0.2, -0.15) is 0 Å². The third-order valence-electron chi connectivity index (χ3n) is 4.01. The molecule has 0 unspecified atom stereocenters. The summed E-state index contributed by atoms with van der Waals surface area (Å²) in [6.07, 6.45) is 16.2. The predicted molar refractivity (Wildman–Crippen MR) is 76.4 cm³/mol. The van der Waals surface area contributed by atoms with Gasteiger partial charge in [-0.1, -0.05) is 0 Å². The van der Waals surface area contributed by atoms with E-state index in [9.17, 15) is 0 Å². The van der Waals surface area contributed by atoms with Crippen molar-refractivity contribution in [2.24, 2.45) is 0 Å². The van der Waals surface area contributed by atoms with E-state index in [2.05, 4.69) is 64.2 Å². The Hall–Kier alpha value is -0.00571. The Balaban J connectivity index is 0.00000162. The first kappa shape index (κ1) is 19.0. The topological polar surface area (TPSA) is 0 Å². The summed E-state index contributed by atoms with van der Waals surface area (Å²) in [7, 11) is 0. The molecule has 0 spiro atoms. The van der Waals surface area contributed by atoms with Gasteiger partial charge >= 0.3 is 108 Å². The Morgan fingerprint density at radius 1 is 0.789 bits per heavy atom. The largest absolute Gasteiger partial charge is 1.00 e. The minimum atomic E-state index is -2.26. The summed E-state index contributed by atoms with van der Waals surface area (Å²) in [5.41, 5.74) is 0. The molecule has 0 aromatic rings. The second-order valence-electron chi connectivity index (χ2n) is 5.40. The molecular formula is C16H22Cl2Ti. The van der Waals surface area contributed by atoms with E-state index in [0.29, 0.717) is 0 Å². The summed E-state index contributed by atoms with van der Waals surface area (Å²) in [4.78, 5) is 0. The second kappa shape index (κ2) is 7.69. The number of hydrogen-bond acceptors (Lipinski definition) is 0. The van der Waals surface area contributed by atoms with Crippen molar-refractivity contribution in [3.05, 3.63) is 44.2 Å². The van der Waals surface area contributed by atoms with Gasteiger partial charge in [0.25, 0.3) is 0 Å². The van der Waals surface area contributed by atoms with Crippen LogP contribution in [0.1, 0.15) is 40.5 Å². The van der Waals surface area contributed by atoms with Crippen molar-refractivity contribution in [3.8, 4) is 0 Å². The van der Waals surface area contributed by atoms with Crippen molar-refractivity contribution in [2.45, 2.75) is 40.5 Å². The molecule has 0 amide bonds. The molecule has 0 aromatic carbocycles. The zero-order valence-electron chi connectivity index (χ0n) is 12.1. The molecule has 0 atom stereocenters. The summed E-state index contributed by atoms with van der Waals surface area (Å²) in [5.74, 6) is 0. The van der Waals surface area contributed by atoms with Crippen molar-refractivity contribution in [1.82, 2.24) is 0 Å². The smallest absolute Gasteiger partial charge is 1.00 e. The van der Waals surface area contributed by atoms with Crippen molar-refractivity contribution >= 4 is 7.62 Å². The van der Waals surface area contributed by atoms with Gasteiger partial charge in [-0.05, 0) is 0 Å². The standard InChI is InChI=1S/2C5H5.2C3H6.2ClH.Ti/c2*1-2-4-5-3-1;2*1-3-2;;;/h2*1-3H,4H2;2*1-2H3;2*1H;/q;;;;;;+2/p-2. The predicted octanol–water partition coefficient (Wildman–Crippen LogP) is -1.74. The molecule has 2 aliphatic rings. The van der Waals surface area contributed by atoms with Crippen LogP contribution in [-0.4, -0.2) is 7.62 Å². The second-order valence-corrected chi connectivity index (χ2v) is 12.9. The van der Waals surface area contributed by atoms with Crippen LogP contribution in [-0.2, 0) is 15.7 Å². The van der Waals surface area contributed by atoms with Gasteiger partial charge in [0.15, 0.2) is 0 Å². The van der Waals surface area contributed by atoms with Crippen LogP contribution in [0.15, 0.2) is 44.2 Å². The van der Waals surface area contributed by atoms with E-state index in [4.69, 9.17) is 0 Å². The summed E-state index contributed by atoms with van der Waals surface area (Å²) >= 11 is -2.26. The fraction of sp³-hybridized carbons (Fsp3) is 0.375. The van der Waals surface area contributed by atoms with Crippen LogP contribution in [0.3, 0.4) is 0 Å².